The SMILES string of the molecule is O=C(O)[C@@H]1C[C@H](NC(=O)C(F)(F)F)c2ccccc21. The molecule has 7 heteroatoms. The molecule has 0 saturated carbocycles. The molecule has 1 aromatic rings. The van der Waals surface area contributed by atoms with Gasteiger partial charge in [-0.1, -0.05) is 24.3 Å². The first kappa shape index (κ1) is 13.4. The third-order valence-corrected chi connectivity index (χ3v) is 3.08. The van der Waals surface area contributed by atoms with Gasteiger partial charge < -0.3 is 10.4 Å². The number of nitrogens with one attached hydrogen (secondary N) is 1. The number of halogens is 3. The predicted octanol–water partition coefficient (Wildman–Crippen LogP) is 1.98. The van der Waals surface area contributed by atoms with E-state index in [0.717, 1.165) is 0 Å². The van der Waals surface area contributed by atoms with E-state index in [4.69, 9.17) is 5.11 Å². The Morgan fingerprint density at radius 1 is 1.21 bits per heavy atom. The first-order chi connectivity index (χ1) is 8.80. The molecule has 1 aliphatic rings. The number of benzene rings is 1. The van der Waals surface area contributed by atoms with E-state index >= 15 is 0 Å². The van der Waals surface area contributed by atoms with Crippen LogP contribution in [0.1, 0.15) is 29.5 Å². The van der Waals surface area contributed by atoms with Gasteiger partial charge in [-0.3, -0.25) is 9.59 Å². The second-order valence-corrected chi connectivity index (χ2v) is 4.28. The number of carbonyl (C=O) groups is 2. The van der Waals surface area contributed by atoms with E-state index in [9.17, 15) is 22.8 Å². The molecule has 0 radical (unpaired) electrons. The Balaban J connectivity index is 2.26. The Labute approximate surface area is 106 Å². The molecule has 1 aromatic carbocycles. The monoisotopic (exact) mass is 273 g/mol. The van der Waals surface area contributed by atoms with Crippen LogP contribution in [-0.4, -0.2) is 23.2 Å². The quantitative estimate of drug-likeness (QED) is 0.865. The van der Waals surface area contributed by atoms with Gasteiger partial charge in [-0.2, -0.15) is 13.2 Å². The van der Waals surface area contributed by atoms with Crippen molar-refractivity contribution in [1.29, 1.82) is 0 Å². The molecular weight excluding hydrogens is 263 g/mol. The first-order valence-corrected chi connectivity index (χ1v) is 5.50. The van der Waals surface area contributed by atoms with Crippen LogP contribution < -0.4 is 5.32 Å². The van der Waals surface area contributed by atoms with E-state index < -0.39 is 30.0 Å². The van der Waals surface area contributed by atoms with Gasteiger partial charge in [0.25, 0.3) is 0 Å². The van der Waals surface area contributed by atoms with Crippen molar-refractivity contribution in [3.05, 3.63) is 35.4 Å². The number of alkyl halides is 3. The van der Waals surface area contributed by atoms with Crippen LogP contribution in [0.5, 0.6) is 0 Å². The Hall–Kier alpha value is -2.05. The molecule has 0 bridgehead atoms. The van der Waals surface area contributed by atoms with E-state index in [-0.39, 0.29) is 6.42 Å². The largest absolute Gasteiger partial charge is 0.481 e. The lowest BCUT2D eigenvalue weighted by atomic mass is 10.0. The van der Waals surface area contributed by atoms with Crippen molar-refractivity contribution in [3.8, 4) is 0 Å². The van der Waals surface area contributed by atoms with Crippen LogP contribution in [0.15, 0.2) is 24.3 Å². The summed E-state index contributed by atoms with van der Waals surface area (Å²) in [4.78, 5) is 22.0. The molecule has 0 heterocycles. The van der Waals surface area contributed by atoms with E-state index in [1.54, 1.807) is 18.2 Å². The number of amides is 1. The van der Waals surface area contributed by atoms with Gasteiger partial charge in [-0.25, -0.2) is 0 Å². The Bertz CT molecular complexity index is 527. The molecule has 2 rings (SSSR count). The zero-order chi connectivity index (χ0) is 14.2. The molecule has 0 aliphatic heterocycles. The van der Waals surface area contributed by atoms with Gasteiger partial charge in [0.2, 0.25) is 0 Å². The Morgan fingerprint density at radius 2 is 1.79 bits per heavy atom. The summed E-state index contributed by atoms with van der Waals surface area (Å²) < 4.78 is 36.6. The second kappa shape index (κ2) is 4.56. The fourth-order valence-corrected chi connectivity index (χ4v) is 2.25. The molecule has 2 N–H and O–H groups in total. The zero-order valence-electron chi connectivity index (χ0n) is 9.57. The smallest absolute Gasteiger partial charge is 0.471 e. The molecule has 0 spiro atoms. The molecule has 0 fully saturated rings. The van der Waals surface area contributed by atoms with Crippen molar-refractivity contribution in [1.82, 2.24) is 5.32 Å². The van der Waals surface area contributed by atoms with Crippen molar-refractivity contribution >= 4 is 11.9 Å². The van der Waals surface area contributed by atoms with Crippen molar-refractivity contribution in [2.45, 2.75) is 24.6 Å². The number of carboxylic acid groups (broad SMARTS) is 1. The minimum Gasteiger partial charge on any atom is -0.481 e. The molecular formula is C12H10F3NO3. The average Bonchev–Trinajstić information content (AvgIpc) is 2.67. The lowest BCUT2D eigenvalue weighted by Gasteiger charge is -2.15. The van der Waals surface area contributed by atoms with Crippen LogP contribution in [-0.2, 0) is 9.59 Å². The number of hydrogen-bond donors (Lipinski definition) is 2. The number of aliphatic carboxylic acids is 1. The minimum absolute atomic E-state index is 0.0729. The maximum Gasteiger partial charge on any atom is 0.471 e. The molecule has 19 heavy (non-hydrogen) atoms. The van der Waals surface area contributed by atoms with Gasteiger partial charge in [-0.15, -0.1) is 0 Å². The molecule has 0 aromatic heterocycles. The Morgan fingerprint density at radius 3 is 2.32 bits per heavy atom. The number of fused-ring (bicyclic) bond motifs is 1. The summed E-state index contributed by atoms with van der Waals surface area (Å²) in [5.74, 6) is -4.07. The van der Waals surface area contributed by atoms with Gasteiger partial charge in [0, 0.05) is 0 Å². The summed E-state index contributed by atoms with van der Waals surface area (Å²) in [5, 5.41) is 10.9. The third kappa shape index (κ3) is 2.54. The third-order valence-electron chi connectivity index (χ3n) is 3.08. The van der Waals surface area contributed by atoms with Crippen molar-refractivity contribution in [3.63, 3.8) is 0 Å². The van der Waals surface area contributed by atoms with Gasteiger partial charge >= 0.3 is 18.1 Å². The molecule has 4 nitrogen and oxygen atoms in total. The van der Waals surface area contributed by atoms with Crippen molar-refractivity contribution < 1.29 is 27.9 Å². The van der Waals surface area contributed by atoms with E-state index in [2.05, 4.69) is 0 Å². The van der Waals surface area contributed by atoms with Gasteiger partial charge in [0.15, 0.2) is 0 Å². The fourth-order valence-electron chi connectivity index (χ4n) is 2.25. The highest BCUT2D eigenvalue weighted by Gasteiger charge is 2.43. The molecule has 1 amide bonds. The summed E-state index contributed by atoms with van der Waals surface area (Å²) in [6.07, 6.45) is -5.05. The molecule has 0 unspecified atom stereocenters. The van der Waals surface area contributed by atoms with Crippen LogP contribution in [0.4, 0.5) is 13.2 Å². The molecule has 2 atom stereocenters. The standard InChI is InChI=1S/C12H10F3NO3/c13-12(14,15)11(19)16-9-5-8(10(17)18)6-3-1-2-4-7(6)9/h1-4,8-9H,5H2,(H,16,19)(H,17,18)/t8-,9+/m1/s1. The van der Waals surface area contributed by atoms with E-state index in [0.29, 0.717) is 11.1 Å². The zero-order valence-corrected chi connectivity index (χ0v) is 9.57. The minimum atomic E-state index is -4.98. The average molecular weight is 273 g/mol. The maximum absolute atomic E-state index is 12.2. The fraction of sp³-hybridized carbons (Fsp3) is 0.333. The van der Waals surface area contributed by atoms with Crippen molar-refractivity contribution in [2.75, 3.05) is 0 Å². The maximum atomic E-state index is 12.2. The van der Waals surface area contributed by atoms with Crippen LogP contribution in [0.25, 0.3) is 0 Å². The van der Waals surface area contributed by atoms with Crippen molar-refractivity contribution in [2.24, 2.45) is 0 Å². The lowest BCUT2D eigenvalue weighted by molar-refractivity contribution is -0.174. The highest BCUT2D eigenvalue weighted by molar-refractivity contribution is 5.83. The normalized spacial score (nSPS) is 21.8. The molecule has 1 aliphatic carbocycles. The number of carboxylic acids is 1. The van der Waals surface area contributed by atoms with E-state index in [1.165, 1.54) is 6.07 Å². The van der Waals surface area contributed by atoms with Crippen LogP contribution >= 0.6 is 0 Å². The summed E-state index contributed by atoms with van der Waals surface area (Å²) in [6.45, 7) is 0. The van der Waals surface area contributed by atoms with Crippen LogP contribution in [0, 0.1) is 0 Å². The topological polar surface area (TPSA) is 66.4 Å². The summed E-state index contributed by atoms with van der Waals surface area (Å²) in [5.41, 5.74) is 0.870. The summed E-state index contributed by atoms with van der Waals surface area (Å²) in [6, 6.07) is 5.36. The Kier molecular flexibility index (Phi) is 3.21. The number of hydrogen-bond acceptors (Lipinski definition) is 2. The summed E-state index contributed by atoms with van der Waals surface area (Å²) in [7, 11) is 0. The molecule has 0 saturated heterocycles. The van der Waals surface area contributed by atoms with Crippen LogP contribution in [0.3, 0.4) is 0 Å². The van der Waals surface area contributed by atoms with Gasteiger partial charge in [0.05, 0.1) is 12.0 Å². The number of carbonyl (C=O) groups excluding carboxylic acids is 1. The summed E-state index contributed by atoms with van der Waals surface area (Å²) >= 11 is 0. The highest BCUT2D eigenvalue weighted by atomic mass is 19.4. The second-order valence-electron chi connectivity index (χ2n) is 4.28. The first-order valence-electron chi connectivity index (χ1n) is 5.50. The predicted molar refractivity (Wildman–Crippen MR) is 58.4 cm³/mol. The van der Waals surface area contributed by atoms with E-state index in [1.807, 2.05) is 5.32 Å². The molecule has 102 valence electrons. The highest BCUT2D eigenvalue weighted by Crippen LogP contribution is 2.40. The number of rotatable bonds is 2. The van der Waals surface area contributed by atoms with Gasteiger partial charge in [0.1, 0.15) is 0 Å². The lowest BCUT2D eigenvalue weighted by Crippen LogP contribution is -2.38. The van der Waals surface area contributed by atoms with Gasteiger partial charge in [-0.05, 0) is 17.5 Å². The van der Waals surface area contributed by atoms with Crippen LogP contribution in [0.2, 0.25) is 0 Å².